The Morgan fingerprint density at radius 1 is 0.895 bits per heavy atom. The predicted molar refractivity (Wildman–Crippen MR) is 152 cm³/mol. The van der Waals surface area contributed by atoms with Gasteiger partial charge in [0.1, 0.15) is 12.6 Å². The number of nitrogens with zero attached hydrogens (tertiary/aromatic N) is 2. The minimum atomic E-state index is -4.18. The summed E-state index contributed by atoms with van der Waals surface area (Å²) >= 11 is 18.3. The largest absolute Gasteiger partial charge is 0.357 e. The standard InChI is InChI=1S/C27H28Cl3N3O4S/c1-17-5-10-23(13-18(17)2)33(38(36,37)24-11-8-21(28)9-12-24)16-26(34)32(19(3)27(35)31-4)15-20-6-7-22(29)14-25(20)30/h5-14,19H,15-16H2,1-4H3,(H,31,35)/t19-/m0/s1. The number of anilines is 1. The number of carbonyl (C=O) groups is 2. The van der Waals surface area contributed by atoms with Gasteiger partial charge in [-0.25, -0.2) is 8.42 Å². The van der Waals surface area contributed by atoms with Gasteiger partial charge < -0.3 is 10.2 Å². The second-order valence-corrected chi connectivity index (χ2v) is 11.9. The van der Waals surface area contributed by atoms with Crippen LogP contribution in [0.5, 0.6) is 0 Å². The lowest BCUT2D eigenvalue weighted by molar-refractivity contribution is -0.139. The Hall–Kier alpha value is -2.78. The van der Waals surface area contributed by atoms with E-state index in [-0.39, 0.29) is 11.4 Å². The van der Waals surface area contributed by atoms with Crippen molar-refractivity contribution in [3.05, 3.63) is 92.4 Å². The SMILES string of the molecule is CNC(=O)[C@H](C)N(Cc1ccc(Cl)cc1Cl)C(=O)CN(c1ccc(C)c(C)c1)S(=O)(=O)c1ccc(Cl)cc1. The van der Waals surface area contributed by atoms with Crippen LogP contribution in [0.2, 0.25) is 15.1 Å². The molecule has 0 unspecified atom stereocenters. The maximum Gasteiger partial charge on any atom is 0.264 e. The van der Waals surface area contributed by atoms with Gasteiger partial charge in [0.2, 0.25) is 11.8 Å². The molecular formula is C27H28Cl3N3O4S. The molecule has 0 saturated heterocycles. The fourth-order valence-electron chi connectivity index (χ4n) is 3.77. The average molecular weight is 597 g/mol. The van der Waals surface area contributed by atoms with Gasteiger partial charge in [0, 0.05) is 28.7 Å². The van der Waals surface area contributed by atoms with Gasteiger partial charge in [-0.15, -0.1) is 0 Å². The second kappa shape index (κ2) is 12.4. The minimum Gasteiger partial charge on any atom is -0.357 e. The summed E-state index contributed by atoms with van der Waals surface area (Å²) in [6, 6.07) is 14.8. The van der Waals surface area contributed by atoms with Gasteiger partial charge in [0.15, 0.2) is 0 Å². The molecule has 0 aromatic heterocycles. The molecule has 0 spiro atoms. The monoisotopic (exact) mass is 595 g/mol. The van der Waals surface area contributed by atoms with E-state index in [0.717, 1.165) is 15.4 Å². The molecule has 0 aliphatic carbocycles. The van der Waals surface area contributed by atoms with Crippen molar-refractivity contribution in [2.75, 3.05) is 17.9 Å². The lowest BCUT2D eigenvalue weighted by atomic mass is 10.1. The van der Waals surface area contributed by atoms with Crippen LogP contribution in [0.4, 0.5) is 5.69 Å². The number of amides is 2. The van der Waals surface area contributed by atoms with E-state index in [4.69, 9.17) is 34.8 Å². The van der Waals surface area contributed by atoms with Crippen molar-refractivity contribution >= 4 is 62.3 Å². The molecule has 202 valence electrons. The lowest BCUT2D eigenvalue weighted by Gasteiger charge is -2.32. The highest BCUT2D eigenvalue weighted by Crippen LogP contribution is 2.28. The highest BCUT2D eigenvalue weighted by molar-refractivity contribution is 7.92. The zero-order valence-electron chi connectivity index (χ0n) is 21.3. The number of hydrogen-bond acceptors (Lipinski definition) is 4. The molecule has 0 bridgehead atoms. The van der Waals surface area contributed by atoms with Crippen LogP contribution in [0.3, 0.4) is 0 Å². The molecule has 3 aromatic rings. The maximum absolute atomic E-state index is 13.8. The number of carbonyl (C=O) groups excluding carboxylic acids is 2. The Bertz CT molecular complexity index is 1450. The molecule has 11 heteroatoms. The van der Waals surface area contributed by atoms with Gasteiger partial charge in [0.25, 0.3) is 10.0 Å². The van der Waals surface area contributed by atoms with Crippen LogP contribution in [-0.2, 0) is 26.2 Å². The van der Waals surface area contributed by atoms with Gasteiger partial charge in [-0.3, -0.25) is 13.9 Å². The fraction of sp³-hybridized carbons (Fsp3) is 0.259. The van der Waals surface area contributed by atoms with Gasteiger partial charge in [-0.1, -0.05) is 46.9 Å². The number of benzene rings is 3. The van der Waals surface area contributed by atoms with Crippen LogP contribution in [0.15, 0.2) is 65.6 Å². The highest BCUT2D eigenvalue weighted by Gasteiger charge is 2.32. The highest BCUT2D eigenvalue weighted by atomic mass is 35.5. The molecule has 1 atom stereocenters. The van der Waals surface area contributed by atoms with Crippen molar-refractivity contribution in [1.82, 2.24) is 10.2 Å². The fourth-order valence-corrected chi connectivity index (χ4v) is 5.77. The van der Waals surface area contributed by atoms with Crippen molar-refractivity contribution < 1.29 is 18.0 Å². The first-order valence-electron chi connectivity index (χ1n) is 11.7. The van der Waals surface area contributed by atoms with E-state index in [1.54, 1.807) is 37.3 Å². The van der Waals surface area contributed by atoms with Crippen LogP contribution in [-0.4, -0.2) is 44.8 Å². The Kier molecular flexibility index (Phi) is 9.70. The van der Waals surface area contributed by atoms with Crippen molar-refractivity contribution in [3.8, 4) is 0 Å². The van der Waals surface area contributed by atoms with Crippen molar-refractivity contribution in [3.63, 3.8) is 0 Å². The van der Waals surface area contributed by atoms with E-state index < -0.39 is 34.4 Å². The first kappa shape index (κ1) is 29.8. The molecule has 0 saturated carbocycles. The van der Waals surface area contributed by atoms with E-state index in [1.807, 2.05) is 13.8 Å². The summed E-state index contributed by atoms with van der Waals surface area (Å²) in [6.07, 6.45) is 0. The summed E-state index contributed by atoms with van der Waals surface area (Å²) in [4.78, 5) is 27.6. The van der Waals surface area contributed by atoms with Crippen LogP contribution in [0, 0.1) is 13.8 Å². The van der Waals surface area contributed by atoms with Gasteiger partial charge in [-0.2, -0.15) is 0 Å². The number of sulfonamides is 1. The molecular weight excluding hydrogens is 569 g/mol. The zero-order valence-corrected chi connectivity index (χ0v) is 24.4. The molecule has 38 heavy (non-hydrogen) atoms. The number of hydrogen-bond donors (Lipinski definition) is 1. The Morgan fingerprint density at radius 2 is 1.53 bits per heavy atom. The summed E-state index contributed by atoms with van der Waals surface area (Å²) in [6.45, 7) is 4.74. The van der Waals surface area contributed by atoms with Gasteiger partial charge >= 0.3 is 0 Å². The van der Waals surface area contributed by atoms with Gasteiger partial charge in [0.05, 0.1) is 10.6 Å². The number of rotatable bonds is 9. The maximum atomic E-state index is 13.8. The average Bonchev–Trinajstić information content (AvgIpc) is 2.87. The van der Waals surface area contributed by atoms with Crippen molar-refractivity contribution in [1.29, 1.82) is 0 Å². The van der Waals surface area contributed by atoms with Crippen LogP contribution in [0.1, 0.15) is 23.6 Å². The molecule has 0 aliphatic heterocycles. The van der Waals surface area contributed by atoms with Crippen LogP contribution in [0.25, 0.3) is 0 Å². The lowest BCUT2D eigenvalue weighted by Crippen LogP contribution is -2.50. The smallest absolute Gasteiger partial charge is 0.264 e. The first-order valence-corrected chi connectivity index (χ1v) is 14.2. The Labute approximate surface area is 238 Å². The number of halogens is 3. The van der Waals surface area contributed by atoms with E-state index in [0.29, 0.717) is 26.3 Å². The summed E-state index contributed by atoms with van der Waals surface area (Å²) in [7, 11) is -2.72. The molecule has 7 nitrogen and oxygen atoms in total. The summed E-state index contributed by atoms with van der Waals surface area (Å²) in [5.74, 6) is -1.01. The molecule has 0 fully saturated rings. The third-order valence-electron chi connectivity index (χ3n) is 6.23. The third-order valence-corrected chi connectivity index (χ3v) is 8.86. The molecule has 0 radical (unpaired) electrons. The topological polar surface area (TPSA) is 86.8 Å². The molecule has 3 aromatic carbocycles. The first-order chi connectivity index (χ1) is 17.8. The van der Waals surface area contributed by atoms with E-state index in [9.17, 15) is 18.0 Å². The zero-order chi connectivity index (χ0) is 28.2. The Balaban J connectivity index is 2.07. The number of likely N-dealkylation sites (N-methyl/N-ethyl adjacent to an activating group) is 1. The van der Waals surface area contributed by atoms with Crippen molar-refractivity contribution in [2.45, 2.75) is 38.3 Å². The third kappa shape index (κ3) is 6.80. The molecule has 0 heterocycles. The normalized spacial score (nSPS) is 12.1. The van der Waals surface area contributed by atoms with Crippen molar-refractivity contribution in [2.24, 2.45) is 0 Å². The number of aryl methyl sites for hydroxylation is 2. The second-order valence-electron chi connectivity index (χ2n) is 8.78. The minimum absolute atomic E-state index is 0.0282. The molecule has 0 aliphatic rings. The quantitative estimate of drug-likeness (QED) is 0.347. The summed E-state index contributed by atoms with van der Waals surface area (Å²) in [5, 5.41) is 3.66. The predicted octanol–water partition coefficient (Wildman–Crippen LogP) is 5.62. The number of nitrogens with one attached hydrogen (secondary N) is 1. The summed E-state index contributed by atoms with van der Waals surface area (Å²) in [5.41, 5.74) is 2.69. The molecule has 3 rings (SSSR count). The molecule has 2 amide bonds. The summed E-state index contributed by atoms with van der Waals surface area (Å²) < 4.78 is 28.7. The van der Waals surface area contributed by atoms with E-state index >= 15 is 0 Å². The Morgan fingerprint density at radius 3 is 2.11 bits per heavy atom. The van der Waals surface area contributed by atoms with Crippen LogP contribution < -0.4 is 9.62 Å². The van der Waals surface area contributed by atoms with Crippen LogP contribution >= 0.6 is 34.8 Å². The molecule has 1 N–H and O–H groups in total. The van der Waals surface area contributed by atoms with E-state index in [1.165, 1.54) is 42.3 Å². The van der Waals surface area contributed by atoms with E-state index in [2.05, 4.69) is 5.32 Å². The van der Waals surface area contributed by atoms with Gasteiger partial charge in [-0.05, 0) is 86.0 Å².